The summed E-state index contributed by atoms with van der Waals surface area (Å²) in [5.41, 5.74) is 2.59. The topological polar surface area (TPSA) is 35.5 Å². The summed E-state index contributed by atoms with van der Waals surface area (Å²) in [6, 6.07) is 8.09. The molecule has 24 heavy (non-hydrogen) atoms. The van der Waals surface area contributed by atoms with E-state index < -0.39 is 0 Å². The third kappa shape index (κ3) is 5.88. The van der Waals surface area contributed by atoms with E-state index >= 15 is 0 Å². The van der Waals surface area contributed by atoms with Crippen LogP contribution in [0.5, 0.6) is 5.75 Å². The largest absolute Gasteiger partial charge is 0.466 e. The molecule has 1 unspecified atom stereocenters. The second-order valence-corrected chi connectivity index (χ2v) is 6.48. The summed E-state index contributed by atoms with van der Waals surface area (Å²) in [6.07, 6.45) is 8.66. The van der Waals surface area contributed by atoms with Gasteiger partial charge in [-0.3, -0.25) is 4.79 Å². The molecule has 0 bridgehead atoms. The summed E-state index contributed by atoms with van der Waals surface area (Å²) in [7, 11) is 0. The molecule has 3 heteroatoms. The number of allylic oxidation sites excluding steroid dienone is 4. The van der Waals surface area contributed by atoms with Crippen LogP contribution in [0.4, 0.5) is 0 Å². The Kier molecular flexibility index (Phi) is 7.10. The van der Waals surface area contributed by atoms with Crippen LogP contribution in [0, 0.1) is 12.8 Å². The smallest absolute Gasteiger partial charge is 0.305 e. The molecule has 0 N–H and O–H groups in total. The molecule has 0 heterocycles. The molecule has 0 saturated carbocycles. The van der Waals surface area contributed by atoms with E-state index in [-0.39, 0.29) is 5.97 Å². The van der Waals surface area contributed by atoms with Gasteiger partial charge in [0, 0.05) is 12.8 Å². The molecule has 130 valence electrons. The minimum absolute atomic E-state index is 0.0872. The van der Waals surface area contributed by atoms with Gasteiger partial charge in [0.2, 0.25) is 0 Å². The first-order chi connectivity index (χ1) is 11.6. The third-order valence-corrected chi connectivity index (χ3v) is 4.29. The summed E-state index contributed by atoms with van der Waals surface area (Å²) in [5, 5.41) is 0. The molecule has 1 aromatic rings. The first-order valence-electron chi connectivity index (χ1n) is 8.86. The van der Waals surface area contributed by atoms with E-state index in [9.17, 15) is 4.79 Å². The van der Waals surface area contributed by atoms with Gasteiger partial charge in [0.05, 0.1) is 6.61 Å². The van der Waals surface area contributed by atoms with Gasteiger partial charge >= 0.3 is 5.97 Å². The lowest BCUT2D eigenvalue weighted by molar-refractivity contribution is -0.143. The van der Waals surface area contributed by atoms with Crippen LogP contribution in [0.3, 0.4) is 0 Å². The van der Waals surface area contributed by atoms with Crippen LogP contribution in [0.2, 0.25) is 0 Å². The molecule has 0 aromatic heterocycles. The molecule has 0 amide bonds. The molecule has 2 rings (SSSR count). The van der Waals surface area contributed by atoms with Gasteiger partial charge in [-0.2, -0.15) is 0 Å². The first kappa shape index (κ1) is 18.3. The molecule has 0 radical (unpaired) electrons. The van der Waals surface area contributed by atoms with Crippen LogP contribution in [-0.2, 0) is 9.53 Å². The van der Waals surface area contributed by atoms with Crippen molar-refractivity contribution in [3.8, 4) is 5.75 Å². The number of hydrogen-bond donors (Lipinski definition) is 0. The van der Waals surface area contributed by atoms with Crippen LogP contribution in [0.25, 0.3) is 0 Å². The molecule has 1 aliphatic rings. The van der Waals surface area contributed by atoms with Gasteiger partial charge < -0.3 is 9.47 Å². The summed E-state index contributed by atoms with van der Waals surface area (Å²) >= 11 is 0. The van der Waals surface area contributed by atoms with E-state index in [2.05, 4.69) is 32.1 Å². The highest BCUT2D eigenvalue weighted by Crippen LogP contribution is 2.28. The van der Waals surface area contributed by atoms with E-state index in [1.165, 1.54) is 5.57 Å². The first-order valence-corrected chi connectivity index (χ1v) is 8.86. The standard InChI is InChI=1S/C21H28O3/c1-4-23-21(22)14-9-16(2)15-18-10-12-19(13-11-18)24-20-8-6-5-7-17(20)3/h5-8,10,12,16H,4,9,11,13-15H2,1-3H3. The van der Waals surface area contributed by atoms with Crippen molar-refractivity contribution in [2.75, 3.05) is 6.61 Å². The number of carbonyl (C=O) groups is 1. The van der Waals surface area contributed by atoms with Gasteiger partial charge in [0.1, 0.15) is 11.5 Å². The van der Waals surface area contributed by atoms with Gasteiger partial charge in [0.25, 0.3) is 0 Å². The molecule has 0 aliphatic heterocycles. The van der Waals surface area contributed by atoms with Gasteiger partial charge in [0.15, 0.2) is 0 Å². The average Bonchev–Trinajstić information content (AvgIpc) is 2.57. The highest BCUT2D eigenvalue weighted by molar-refractivity contribution is 5.69. The maximum Gasteiger partial charge on any atom is 0.305 e. The van der Waals surface area contributed by atoms with Crippen molar-refractivity contribution in [3.05, 3.63) is 53.3 Å². The Morgan fingerprint density at radius 1 is 1.21 bits per heavy atom. The average molecular weight is 328 g/mol. The minimum atomic E-state index is -0.0872. The maximum atomic E-state index is 11.4. The van der Waals surface area contributed by atoms with E-state index in [0.29, 0.717) is 18.9 Å². The van der Waals surface area contributed by atoms with Gasteiger partial charge in [-0.15, -0.1) is 0 Å². The minimum Gasteiger partial charge on any atom is -0.466 e. The number of carbonyl (C=O) groups excluding carboxylic acids is 1. The third-order valence-electron chi connectivity index (χ3n) is 4.29. The molecule has 1 aliphatic carbocycles. The Bertz CT molecular complexity index is 613. The fraction of sp³-hybridized carbons (Fsp3) is 0.476. The molecule has 0 fully saturated rings. The summed E-state index contributed by atoms with van der Waals surface area (Å²) in [6.45, 7) is 6.57. The van der Waals surface area contributed by atoms with Gasteiger partial charge in [-0.25, -0.2) is 0 Å². The van der Waals surface area contributed by atoms with E-state index in [1.807, 2.05) is 25.1 Å². The number of rotatable bonds is 8. The number of aryl methyl sites for hydroxylation is 1. The van der Waals surface area contributed by atoms with Crippen LogP contribution in [0.15, 0.2) is 47.7 Å². The number of benzene rings is 1. The molecular formula is C21H28O3. The quantitative estimate of drug-likeness (QED) is 0.604. The Balaban J connectivity index is 1.82. The fourth-order valence-corrected chi connectivity index (χ4v) is 2.88. The molecular weight excluding hydrogens is 300 g/mol. The SMILES string of the molecule is CCOC(=O)CCC(C)CC1=CC=C(Oc2ccccc2C)CC1. The zero-order valence-electron chi connectivity index (χ0n) is 15.0. The van der Waals surface area contributed by atoms with Gasteiger partial charge in [-0.05, 0) is 56.7 Å². The second-order valence-electron chi connectivity index (χ2n) is 6.48. The van der Waals surface area contributed by atoms with E-state index in [1.54, 1.807) is 0 Å². The second kappa shape index (κ2) is 9.31. The summed E-state index contributed by atoms with van der Waals surface area (Å²) < 4.78 is 11.0. The monoisotopic (exact) mass is 328 g/mol. The van der Waals surface area contributed by atoms with Crippen molar-refractivity contribution in [2.24, 2.45) is 5.92 Å². The molecule has 1 atom stereocenters. The molecule has 3 nitrogen and oxygen atoms in total. The zero-order valence-corrected chi connectivity index (χ0v) is 15.0. The lowest BCUT2D eigenvalue weighted by atomic mass is 9.91. The zero-order chi connectivity index (χ0) is 17.4. The van der Waals surface area contributed by atoms with E-state index in [0.717, 1.165) is 42.8 Å². The van der Waals surface area contributed by atoms with Crippen LogP contribution in [-0.4, -0.2) is 12.6 Å². The van der Waals surface area contributed by atoms with Gasteiger partial charge in [-0.1, -0.05) is 36.8 Å². The number of para-hydroxylation sites is 1. The number of hydrogen-bond acceptors (Lipinski definition) is 3. The lowest BCUT2D eigenvalue weighted by Crippen LogP contribution is -2.08. The van der Waals surface area contributed by atoms with Crippen molar-refractivity contribution >= 4 is 5.97 Å². The van der Waals surface area contributed by atoms with Crippen molar-refractivity contribution in [1.29, 1.82) is 0 Å². The van der Waals surface area contributed by atoms with Crippen molar-refractivity contribution in [3.63, 3.8) is 0 Å². The Labute approximate surface area is 145 Å². The lowest BCUT2D eigenvalue weighted by Gasteiger charge is -2.19. The summed E-state index contributed by atoms with van der Waals surface area (Å²) in [5.74, 6) is 2.36. The number of esters is 1. The van der Waals surface area contributed by atoms with Crippen LogP contribution in [0.1, 0.15) is 51.5 Å². The molecule has 0 saturated heterocycles. The van der Waals surface area contributed by atoms with Crippen LogP contribution >= 0.6 is 0 Å². The van der Waals surface area contributed by atoms with E-state index in [4.69, 9.17) is 9.47 Å². The molecule has 0 spiro atoms. The van der Waals surface area contributed by atoms with Crippen molar-refractivity contribution < 1.29 is 14.3 Å². The predicted molar refractivity (Wildman–Crippen MR) is 96.9 cm³/mol. The normalized spacial score (nSPS) is 15.3. The fourth-order valence-electron chi connectivity index (χ4n) is 2.88. The molecule has 1 aromatic carbocycles. The Morgan fingerprint density at radius 3 is 2.67 bits per heavy atom. The highest BCUT2D eigenvalue weighted by atomic mass is 16.5. The van der Waals surface area contributed by atoms with Crippen molar-refractivity contribution in [2.45, 2.75) is 52.9 Å². The highest BCUT2D eigenvalue weighted by Gasteiger charge is 2.13. The maximum absolute atomic E-state index is 11.4. The van der Waals surface area contributed by atoms with Crippen molar-refractivity contribution in [1.82, 2.24) is 0 Å². The predicted octanol–water partition coefficient (Wildman–Crippen LogP) is 5.35. The Morgan fingerprint density at radius 2 is 2.00 bits per heavy atom. The Hall–Kier alpha value is -2.03. The summed E-state index contributed by atoms with van der Waals surface area (Å²) in [4.78, 5) is 11.4. The van der Waals surface area contributed by atoms with Crippen LogP contribution < -0.4 is 4.74 Å². The number of ether oxygens (including phenoxy) is 2.